The number of amides is 2. The molecule has 0 unspecified atom stereocenters. The lowest BCUT2D eigenvalue weighted by molar-refractivity contribution is -0.915. The fourth-order valence-electron chi connectivity index (χ4n) is 4.15. The van der Waals surface area contributed by atoms with Crippen LogP contribution in [0.5, 0.6) is 5.75 Å². The molecular weight excluding hydrogens is 390 g/mol. The van der Waals surface area contributed by atoms with Crippen LogP contribution in [0.15, 0.2) is 48.5 Å². The Hall–Kier alpha value is -2.57. The first-order chi connectivity index (χ1) is 14.1. The molecule has 0 saturated carbocycles. The number of anilines is 2. The number of halogens is 1. The molecule has 2 aromatic rings. The van der Waals surface area contributed by atoms with Gasteiger partial charge in [-0.25, -0.2) is 4.90 Å². The largest absolute Gasteiger partial charge is 0.494 e. The van der Waals surface area contributed by atoms with Gasteiger partial charge in [0.2, 0.25) is 5.91 Å². The van der Waals surface area contributed by atoms with Crippen molar-refractivity contribution in [3.8, 4) is 5.75 Å². The lowest BCUT2D eigenvalue weighted by atomic mass is 10.1. The number of carbonyl (C=O) groups is 2. The van der Waals surface area contributed by atoms with Crippen LogP contribution in [0.3, 0.4) is 0 Å². The fraction of sp³-hybridized carbons (Fsp3) is 0.364. The Balaban J connectivity index is 1.41. The Morgan fingerprint density at radius 3 is 2.45 bits per heavy atom. The molecule has 4 rings (SSSR count). The van der Waals surface area contributed by atoms with Crippen molar-refractivity contribution in [2.45, 2.75) is 19.4 Å². The van der Waals surface area contributed by atoms with Gasteiger partial charge in [-0.2, -0.15) is 0 Å². The van der Waals surface area contributed by atoms with Crippen LogP contribution < -0.4 is 19.4 Å². The zero-order valence-corrected chi connectivity index (χ0v) is 17.2. The van der Waals surface area contributed by atoms with Crippen molar-refractivity contribution in [2.24, 2.45) is 0 Å². The molecule has 0 bridgehead atoms. The van der Waals surface area contributed by atoms with Crippen molar-refractivity contribution in [3.63, 3.8) is 0 Å². The normalized spacial score (nSPS) is 20.4. The smallest absolute Gasteiger partial charge is 0.292 e. The third-order valence-corrected chi connectivity index (χ3v) is 5.86. The fourth-order valence-corrected chi connectivity index (χ4v) is 4.34. The van der Waals surface area contributed by atoms with Crippen molar-refractivity contribution in [3.05, 3.63) is 53.6 Å². The molecule has 0 aromatic heterocycles. The molecule has 7 heteroatoms. The maximum atomic E-state index is 13.0. The van der Waals surface area contributed by atoms with Crippen molar-refractivity contribution in [1.29, 1.82) is 0 Å². The maximum absolute atomic E-state index is 13.0. The van der Waals surface area contributed by atoms with Gasteiger partial charge in [-0.15, -0.1) is 0 Å². The standard InChI is InChI=1S/C22H24ClN3O3/c1-2-29-19-8-6-17(7-9-19)26-21(27)15-20(22(26)28)25-12-10-24(11-13-25)18-5-3-4-16(23)14-18/h3-9,14,20H,2,10-13,15H2,1H3/p+1/t20-/m1/s1. The predicted molar refractivity (Wildman–Crippen MR) is 113 cm³/mol. The first-order valence-electron chi connectivity index (χ1n) is 10.0. The molecular formula is C22H25ClN3O3+. The van der Waals surface area contributed by atoms with Crippen LogP contribution in [0.25, 0.3) is 0 Å². The molecule has 0 spiro atoms. The molecule has 0 radical (unpaired) electrons. The Morgan fingerprint density at radius 2 is 1.79 bits per heavy atom. The Bertz CT molecular complexity index is 894. The molecule has 0 aliphatic carbocycles. The van der Waals surface area contributed by atoms with Gasteiger partial charge in [0.15, 0.2) is 6.04 Å². The molecule has 29 heavy (non-hydrogen) atoms. The van der Waals surface area contributed by atoms with Crippen molar-refractivity contribution in [2.75, 3.05) is 42.6 Å². The van der Waals surface area contributed by atoms with Gasteiger partial charge in [-0.1, -0.05) is 17.7 Å². The number of rotatable bonds is 5. The molecule has 2 amide bonds. The molecule has 2 saturated heterocycles. The summed E-state index contributed by atoms with van der Waals surface area (Å²) in [6.07, 6.45) is 0.262. The van der Waals surface area contributed by atoms with Gasteiger partial charge in [-0.05, 0) is 49.4 Å². The third kappa shape index (κ3) is 4.09. The summed E-state index contributed by atoms with van der Waals surface area (Å²) in [5.41, 5.74) is 1.71. The van der Waals surface area contributed by atoms with E-state index < -0.39 is 0 Å². The van der Waals surface area contributed by atoms with Crippen molar-refractivity contribution < 1.29 is 19.2 Å². The van der Waals surface area contributed by atoms with Crippen LogP contribution in [-0.2, 0) is 9.59 Å². The minimum Gasteiger partial charge on any atom is -0.494 e. The van der Waals surface area contributed by atoms with E-state index in [0.717, 1.165) is 42.6 Å². The van der Waals surface area contributed by atoms with Crippen LogP contribution in [-0.4, -0.2) is 50.6 Å². The second kappa shape index (κ2) is 8.43. The summed E-state index contributed by atoms with van der Waals surface area (Å²) in [7, 11) is 0. The number of piperazine rings is 1. The first kappa shape index (κ1) is 19.7. The summed E-state index contributed by atoms with van der Waals surface area (Å²) in [6.45, 7) is 5.78. The Labute approximate surface area is 175 Å². The van der Waals surface area contributed by atoms with Crippen LogP contribution in [0.1, 0.15) is 13.3 Å². The number of quaternary nitrogens is 1. The molecule has 1 atom stereocenters. The van der Waals surface area contributed by atoms with E-state index in [0.29, 0.717) is 12.3 Å². The summed E-state index contributed by atoms with van der Waals surface area (Å²) in [5, 5.41) is 0.722. The minimum atomic E-state index is -0.310. The maximum Gasteiger partial charge on any atom is 0.292 e. The molecule has 1 N–H and O–H groups in total. The van der Waals surface area contributed by atoms with Gasteiger partial charge < -0.3 is 14.5 Å². The molecule has 2 aromatic carbocycles. The number of carbonyl (C=O) groups excluding carboxylic acids is 2. The van der Waals surface area contributed by atoms with E-state index in [4.69, 9.17) is 16.3 Å². The molecule has 6 nitrogen and oxygen atoms in total. The first-order valence-corrected chi connectivity index (χ1v) is 10.4. The highest BCUT2D eigenvalue weighted by atomic mass is 35.5. The zero-order valence-electron chi connectivity index (χ0n) is 16.4. The van der Waals surface area contributed by atoms with Gasteiger partial charge in [-0.3, -0.25) is 9.59 Å². The van der Waals surface area contributed by atoms with Crippen LogP contribution in [0.4, 0.5) is 11.4 Å². The average Bonchev–Trinajstić information content (AvgIpc) is 3.03. The average molecular weight is 415 g/mol. The topological polar surface area (TPSA) is 54.3 Å². The van der Waals surface area contributed by atoms with E-state index in [1.807, 2.05) is 25.1 Å². The number of benzene rings is 2. The molecule has 2 fully saturated rings. The summed E-state index contributed by atoms with van der Waals surface area (Å²) >= 11 is 6.11. The van der Waals surface area contributed by atoms with E-state index >= 15 is 0 Å². The highest BCUT2D eigenvalue weighted by molar-refractivity contribution is 6.30. The van der Waals surface area contributed by atoms with Crippen molar-refractivity contribution >= 4 is 34.8 Å². The molecule has 2 aliphatic heterocycles. The second-order valence-corrected chi connectivity index (χ2v) is 7.81. The summed E-state index contributed by atoms with van der Waals surface area (Å²) < 4.78 is 5.44. The van der Waals surface area contributed by atoms with E-state index in [1.165, 1.54) is 9.80 Å². The molecule has 2 heterocycles. The van der Waals surface area contributed by atoms with Crippen LogP contribution in [0, 0.1) is 0 Å². The van der Waals surface area contributed by atoms with Gasteiger partial charge in [0.1, 0.15) is 5.75 Å². The number of imide groups is 1. The quantitative estimate of drug-likeness (QED) is 0.758. The zero-order chi connectivity index (χ0) is 20.4. The van der Waals surface area contributed by atoms with E-state index in [-0.39, 0.29) is 24.3 Å². The SMILES string of the molecule is CCOc1ccc(N2C(=O)C[C@@H]([NH+]3CCN(c4cccc(Cl)c4)CC3)C2=O)cc1. The number of nitrogens with one attached hydrogen (secondary N) is 1. The predicted octanol–water partition coefficient (Wildman–Crippen LogP) is 1.78. The van der Waals surface area contributed by atoms with E-state index in [9.17, 15) is 9.59 Å². The van der Waals surface area contributed by atoms with Gasteiger partial charge in [0.25, 0.3) is 5.91 Å². The lowest BCUT2D eigenvalue weighted by Crippen LogP contribution is -3.19. The number of hydrogen-bond acceptors (Lipinski definition) is 4. The van der Waals surface area contributed by atoms with Crippen LogP contribution in [0.2, 0.25) is 5.02 Å². The van der Waals surface area contributed by atoms with E-state index in [1.54, 1.807) is 24.3 Å². The number of nitrogens with zero attached hydrogens (tertiary/aromatic N) is 2. The number of ether oxygens (including phenoxy) is 1. The molecule has 152 valence electrons. The van der Waals surface area contributed by atoms with Crippen LogP contribution >= 0.6 is 11.6 Å². The third-order valence-electron chi connectivity index (χ3n) is 5.62. The van der Waals surface area contributed by atoms with Gasteiger partial charge in [0.05, 0.1) is 44.9 Å². The van der Waals surface area contributed by atoms with Gasteiger partial charge >= 0.3 is 0 Å². The summed E-state index contributed by atoms with van der Waals surface area (Å²) in [6, 6.07) is 14.7. The summed E-state index contributed by atoms with van der Waals surface area (Å²) in [4.78, 5) is 30.4. The summed E-state index contributed by atoms with van der Waals surface area (Å²) in [5.74, 6) is 0.494. The molecule has 2 aliphatic rings. The lowest BCUT2D eigenvalue weighted by Gasteiger charge is -2.35. The Morgan fingerprint density at radius 1 is 1.07 bits per heavy atom. The highest BCUT2D eigenvalue weighted by Crippen LogP contribution is 2.25. The Kier molecular flexibility index (Phi) is 5.74. The van der Waals surface area contributed by atoms with Crippen molar-refractivity contribution in [1.82, 2.24) is 0 Å². The van der Waals surface area contributed by atoms with Gasteiger partial charge in [0, 0.05) is 10.7 Å². The number of hydrogen-bond donors (Lipinski definition) is 1. The highest BCUT2D eigenvalue weighted by Gasteiger charge is 2.46. The second-order valence-electron chi connectivity index (χ2n) is 7.38. The van der Waals surface area contributed by atoms with E-state index in [2.05, 4.69) is 11.0 Å². The monoisotopic (exact) mass is 414 g/mol. The minimum absolute atomic E-state index is 0.106.